The van der Waals surface area contributed by atoms with E-state index in [9.17, 15) is 0 Å². The fourth-order valence-corrected chi connectivity index (χ4v) is 9.24. The Morgan fingerprint density at radius 2 is 0.759 bits per heavy atom. The molecule has 2 aliphatic heterocycles. The van der Waals surface area contributed by atoms with Crippen LogP contribution in [0.1, 0.15) is 28.3 Å². The van der Waals surface area contributed by atoms with E-state index in [1.807, 2.05) is 12.2 Å². The molecule has 5 heterocycles. The van der Waals surface area contributed by atoms with Crippen LogP contribution in [0.3, 0.4) is 0 Å². The molecule has 11 aromatic rings. The van der Waals surface area contributed by atoms with Crippen molar-refractivity contribution in [2.75, 3.05) is 0 Å². The molecule has 0 spiro atoms. The number of fused-ring (bicyclic) bond motifs is 16. The number of hydrogen-bond acceptors (Lipinski definition) is 2. The first-order valence-electron chi connectivity index (χ1n) is 19.8. The minimum atomic E-state index is 0.900. The summed E-state index contributed by atoms with van der Waals surface area (Å²) in [5.74, 6) is 0. The van der Waals surface area contributed by atoms with Crippen LogP contribution in [0.15, 0.2) is 164 Å². The summed E-state index contributed by atoms with van der Waals surface area (Å²) in [6.45, 7) is 0. The minimum absolute atomic E-state index is 0.900. The molecule has 58 heavy (non-hydrogen) atoms. The van der Waals surface area contributed by atoms with E-state index in [1.165, 1.54) is 75.4 Å². The van der Waals surface area contributed by atoms with Crippen molar-refractivity contribution in [3.63, 3.8) is 0 Å². The van der Waals surface area contributed by atoms with Crippen LogP contribution in [0, 0.1) is 0 Å². The molecule has 0 amide bonds. The summed E-state index contributed by atoms with van der Waals surface area (Å²) in [7, 11) is 0. The van der Waals surface area contributed by atoms with Crippen LogP contribution in [-0.2, 0) is 0 Å². The standard InChI is InChI=1S/C54H32N4/c1-2-5-32-17-37-22-40-23-51-35(20-39(40)21-36(37)16-31(32)4-1)9-8-34-19-38-18-33-6-3-7-49(50(33)24-41(38)25-52(34)51)53-29-48-28-46-13-12-44(56-46)26-42-10-11-43(55-42)27-45-14-15-47(57-45)30-54(53)58-48/h1-30,56-57H. The Labute approximate surface area is 332 Å². The molecule has 3 aromatic heterocycles. The second kappa shape index (κ2) is 11.8. The zero-order chi connectivity index (χ0) is 37.9. The fraction of sp³-hybridized carbons (Fsp3) is 0. The Hall–Kier alpha value is -7.82. The highest BCUT2D eigenvalue weighted by molar-refractivity contribution is 6.18. The lowest BCUT2D eigenvalue weighted by Crippen LogP contribution is -1.89. The predicted octanol–water partition coefficient (Wildman–Crippen LogP) is 14.1. The first-order chi connectivity index (χ1) is 28.6. The zero-order valence-electron chi connectivity index (χ0n) is 31.2. The molecule has 8 aromatic carbocycles. The average Bonchev–Trinajstić information content (AvgIpc) is 4.06. The van der Waals surface area contributed by atoms with Crippen LogP contribution < -0.4 is 0 Å². The Balaban J connectivity index is 0.998. The summed E-state index contributed by atoms with van der Waals surface area (Å²) in [6, 6.07) is 60.2. The molecule has 0 radical (unpaired) electrons. The van der Waals surface area contributed by atoms with Crippen molar-refractivity contribution in [3.8, 4) is 0 Å². The fourth-order valence-electron chi connectivity index (χ4n) is 9.24. The Kier molecular flexibility index (Phi) is 6.41. The highest BCUT2D eigenvalue weighted by atomic mass is 14.8. The van der Waals surface area contributed by atoms with Gasteiger partial charge in [-0.15, -0.1) is 0 Å². The maximum absolute atomic E-state index is 5.21. The lowest BCUT2D eigenvalue weighted by atomic mass is 9.91. The van der Waals surface area contributed by atoms with Gasteiger partial charge in [0.05, 0.1) is 22.8 Å². The number of H-pyrrole nitrogens is 2. The van der Waals surface area contributed by atoms with Gasteiger partial charge in [0.15, 0.2) is 0 Å². The molecule has 0 fully saturated rings. The molecular weight excluding hydrogens is 705 g/mol. The average molecular weight is 737 g/mol. The third-order valence-electron chi connectivity index (χ3n) is 12.0. The Morgan fingerprint density at radius 1 is 0.310 bits per heavy atom. The molecule has 0 atom stereocenters. The smallest absolute Gasteiger partial charge is 0.0736 e. The maximum atomic E-state index is 5.21. The van der Waals surface area contributed by atoms with Gasteiger partial charge in [0, 0.05) is 27.6 Å². The molecule has 0 unspecified atom stereocenters. The second-order valence-electron chi connectivity index (χ2n) is 15.8. The number of rotatable bonds is 1. The largest absolute Gasteiger partial charge is 0.355 e. The van der Waals surface area contributed by atoms with E-state index in [-0.39, 0.29) is 0 Å². The van der Waals surface area contributed by atoms with Crippen molar-refractivity contribution in [2.45, 2.75) is 0 Å². The second-order valence-corrected chi connectivity index (χ2v) is 15.8. The molecule has 0 saturated carbocycles. The van der Waals surface area contributed by atoms with Gasteiger partial charge in [-0.05, 0) is 208 Å². The molecule has 0 aliphatic carbocycles. The highest BCUT2D eigenvalue weighted by Crippen LogP contribution is 2.39. The zero-order valence-corrected chi connectivity index (χ0v) is 31.2. The number of aromatic amines is 2. The van der Waals surface area contributed by atoms with Crippen LogP contribution in [-0.4, -0.2) is 19.9 Å². The van der Waals surface area contributed by atoms with Crippen LogP contribution in [0.25, 0.3) is 121 Å². The molecule has 13 rings (SSSR count). The number of benzene rings is 8. The van der Waals surface area contributed by atoms with Crippen molar-refractivity contribution in [2.24, 2.45) is 0 Å². The molecule has 8 bridgehead atoms. The van der Waals surface area contributed by atoms with Crippen molar-refractivity contribution < 1.29 is 0 Å². The van der Waals surface area contributed by atoms with Crippen molar-refractivity contribution in [1.82, 2.24) is 19.9 Å². The summed E-state index contributed by atoms with van der Waals surface area (Å²) >= 11 is 0. The van der Waals surface area contributed by atoms with Gasteiger partial charge in [-0.2, -0.15) is 0 Å². The topological polar surface area (TPSA) is 57.4 Å². The Bertz CT molecular complexity index is 3860. The lowest BCUT2D eigenvalue weighted by molar-refractivity contribution is 1.30. The molecule has 2 N–H and O–H groups in total. The molecule has 2 aliphatic rings. The van der Waals surface area contributed by atoms with E-state index in [1.54, 1.807) is 0 Å². The third kappa shape index (κ3) is 5.09. The molecule has 4 nitrogen and oxygen atoms in total. The maximum Gasteiger partial charge on any atom is 0.0736 e. The molecule has 4 heteroatoms. The van der Waals surface area contributed by atoms with Gasteiger partial charge in [0.25, 0.3) is 0 Å². The third-order valence-corrected chi connectivity index (χ3v) is 12.0. The number of nitrogens with one attached hydrogen (secondary N) is 2. The van der Waals surface area contributed by atoms with Crippen molar-refractivity contribution in [1.29, 1.82) is 0 Å². The van der Waals surface area contributed by atoms with Crippen molar-refractivity contribution >= 4 is 121 Å². The monoisotopic (exact) mass is 736 g/mol. The molecular formula is C54H32N4. The molecule has 268 valence electrons. The summed E-state index contributed by atoms with van der Waals surface area (Å²) in [4.78, 5) is 17.1. The van der Waals surface area contributed by atoms with Crippen LogP contribution in [0.2, 0.25) is 0 Å². The van der Waals surface area contributed by atoms with E-state index >= 15 is 0 Å². The van der Waals surface area contributed by atoms with Gasteiger partial charge >= 0.3 is 0 Å². The van der Waals surface area contributed by atoms with E-state index in [0.29, 0.717) is 0 Å². The normalized spacial score (nSPS) is 12.9. The van der Waals surface area contributed by atoms with Crippen LogP contribution >= 0.6 is 0 Å². The number of nitrogens with zero attached hydrogens (tertiary/aromatic N) is 2. The summed E-state index contributed by atoms with van der Waals surface area (Å²) < 4.78 is 0. The SMILES string of the molecule is C1=Cc2cc3ccc(cc4nc(cc5ccc(cc1n2)[nH]5)C=C4c1cccc2cc4cc5ccc6cc7cc8cc9ccccc9cc8cc7cc6c5cc4cc12)[nH]3. The van der Waals surface area contributed by atoms with Gasteiger partial charge in [-0.25, -0.2) is 9.97 Å². The first kappa shape index (κ1) is 31.4. The van der Waals surface area contributed by atoms with Crippen molar-refractivity contribution in [3.05, 3.63) is 192 Å². The number of hydrogen-bond donors (Lipinski definition) is 2. The van der Waals surface area contributed by atoms with Gasteiger partial charge in [0.1, 0.15) is 0 Å². The summed E-state index contributed by atoms with van der Waals surface area (Å²) in [5, 5.41) is 17.5. The van der Waals surface area contributed by atoms with Gasteiger partial charge in [-0.1, -0.05) is 54.6 Å². The minimum Gasteiger partial charge on any atom is -0.355 e. The van der Waals surface area contributed by atoms with Gasteiger partial charge < -0.3 is 9.97 Å². The number of aromatic nitrogens is 4. The summed E-state index contributed by atoms with van der Waals surface area (Å²) in [5.41, 5.74) is 9.89. The Morgan fingerprint density at radius 3 is 1.36 bits per heavy atom. The molecule has 0 saturated heterocycles. The van der Waals surface area contributed by atoms with Gasteiger partial charge in [-0.3, -0.25) is 0 Å². The van der Waals surface area contributed by atoms with Crippen LogP contribution in [0.4, 0.5) is 0 Å². The summed E-state index contributed by atoms with van der Waals surface area (Å²) in [6.07, 6.45) is 6.32. The quantitative estimate of drug-likeness (QED) is 0.130. The first-order valence-corrected chi connectivity index (χ1v) is 19.8. The predicted molar refractivity (Wildman–Crippen MR) is 246 cm³/mol. The van der Waals surface area contributed by atoms with Crippen LogP contribution in [0.5, 0.6) is 0 Å². The lowest BCUT2D eigenvalue weighted by Gasteiger charge is -2.12. The van der Waals surface area contributed by atoms with E-state index in [2.05, 4.69) is 180 Å². The van der Waals surface area contributed by atoms with E-state index < -0.39 is 0 Å². The van der Waals surface area contributed by atoms with E-state index in [0.717, 1.165) is 56.0 Å². The van der Waals surface area contributed by atoms with Gasteiger partial charge in [0.2, 0.25) is 0 Å². The van der Waals surface area contributed by atoms with E-state index in [4.69, 9.17) is 9.97 Å². The highest BCUT2D eigenvalue weighted by Gasteiger charge is 2.17.